The molecule has 1 unspecified atom stereocenters. The molecule has 4 aromatic rings. The maximum absolute atomic E-state index is 13.6. The lowest BCUT2D eigenvalue weighted by atomic mass is 10.1. The van der Waals surface area contributed by atoms with Crippen LogP contribution in [-0.4, -0.2) is 42.8 Å². The fourth-order valence-electron chi connectivity index (χ4n) is 4.91. The van der Waals surface area contributed by atoms with E-state index in [-0.39, 0.29) is 12.2 Å². The highest BCUT2D eigenvalue weighted by atomic mass is 16.3. The predicted octanol–water partition coefficient (Wildman–Crippen LogP) is 5.45. The average Bonchev–Trinajstić information content (AvgIpc) is 3.62. The van der Waals surface area contributed by atoms with Crippen LogP contribution >= 0.6 is 0 Å². The number of benzene rings is 2. The molecule has 2 aliphatic heterocycles. The van der Waals surface area contributed by atoms with Gasteiger partial charge in [-0.2, -0.15) is 0 Å². The number of oxazole rings is 1. The number of rotatable bonds is 4. The highest BCUT2D eigenvalue weighted by Crippen LogP contribution is 2.44. The second-order valence-electron chi connectivity index (χ2n) is 9.05. The Hall–Kier alpha value is -4.33. The maximum Gasteiger partial charge on any atom is 0.329 e. The van der Waals surface area contributed by atoms with Crippen molar-refractivity contribution in [3.63, 3.8) is 0 Å². The molecule has 1 N–H and O–H groups in total. The number of aromatic nitrogens is 2. The normalized spacial score (nSPS) is 16.2. The number of anilines is 4. The molecule has 2 aromatic heterocycles. The van der Waals surface area contributed by atoms with Crippen LogP contribution in [0.4, 0.5) is 27.7 Å². The molecule has 8 heteroatoms. The molecule has 0 radical (unpaired) electrons. The van der Waals surface area contributed by atoms with Crippen LogP contribution in [0.1, 0.15) is 12.8 Å². The molecule has 0 spiro atoms. The lowest BCUT2D eigenvalue weighted by molar-refractivity contribution is 0.255. The van der Waals surface area contributed by atoms with E-state index in [9.17, 15) is 4.79 Å². The number of carbonyl (C=O) groups is 1. The summed E-state index contributed by atoms with van der Waals surface area (Å²) in [4.78, 5) is 28.8. The van der Waals surface area contributed by atoms with Crippen molar-refractivity contribution in [3.05, 3.63) is 73.3 Å². The van der Waals surface area contributed by atoms with Crippen LogP contribution in [0.25, 0.3) is 22.6 Å². The Labute approximate surface area is 203 Å². The van der Waals surface area contributed by atoms with Crippen molar-refractivity contribution >= 4 is 28.9 Å². The molecular weight excluding hydrogens is 440 g/mol. The zero-order valence-electron chi connectivity index (χ0n) is 19.7. The summed E-state index contributed by atoms with van der Waals surface area (Å²) in [6.07, 6.45) is 4.98. The van der Waals surface area contributed by atoms with E-state index in [2.05, 4.69) is 44.4 Å². The van der Waals surface area contributed by atoms with E-state index in [0.29, 0.717) is 17.3 Å². The number of hydrogen-bond acceptors (Lipinski definition) is 6. The van der Waals surface area contributed by atoms with E-state index < -0.39 is 0 Å². The van der Waals surface area contributed by atoms with Crippen molar-refractivity contribution in [1.82, 2.24) is 9.97 Å². The first-order chi connectivity index (χ1) is 17.1. The van der Waals surface area contributed by atoms with Crippen molar-refractivity contribution in [2.24, 2.45) is 0 Å². The molecule has 0 saturated carbocycles. The van der Waals surface area contributed by atoms with Crippen molar-refractivity contribution in [1.29, 1.82) is 0 Å². The molecule has 2 amide bonds. The molecule has 4 heterocycles. The number of urea groups is 1. The summed E-state index contributed by atoms with van der Waals surface area (Å²) < 4.78 is 5.41. The van der Waals surface area contributed by atoms with Gasteiger partial charge in [-0.3, -0.25) is 4.90 Å². The summed E-state index contributed by atoms with van der Waals surface area (Å²) in [6.45, 7) is 0.916. The summed E-state index contributed by atoms with van der Waals surface area (Å²) in [5.74, 6) is 1.35. The van der Waals surface area contributed by atoms with E-state index in [0.717, 1.165) is 47.6 Å². The zero-order valence-corrected chi connectivity index (χ0v) is 19.7. The highest BCUT2D eigenvalue weighted by molar-refractivity contribution is 6.06. The third kappa shape index (κ3) is 3.77. The van der Waals surface area contributed by atoms with Crippen LogP contribution < -0.4 is 20.0 Å². The smallest absolute Gasteiger partial charge is 0.329 e. The standard InChI is InChI=1S/C27H26N6O2/c1-31(2)21-9-4-6-18(15-21)22-11-12-23-26(30-22)33(25-10-5-13-32(23)25)27(34)29-20-8-3-7-19(14-20)24-16-28-17-35-24/h3-4,6-9,11-12,14-17,25H,5,10,13H2,1-2H3,(H,29,34). The predicted molar refractivity (Wildman–Crippen MR) is 138 cm³/mol. The fourth-order valence-corrected chi connectivity index (χ4v) is 4.91. The van der Waals surface area contributed by atoms with Crippen molar-refractivity contribution < 1.29 is 9.21 Å². The van der Waals surface area contributed by atoms with Gasteiger partial charge >= 0.3 is 6.03 Å². The molecule has 1 fully saturated rings. The molecular formula is C27H26N6O2. The summed E-state index contributed by atoms with van der Waals surface area (Å²) in [7, 11) is 4.04. The molecule has 2 aromatic carbocycles. The van der Waals surface area contributed by atoms with Gasteiger partial charge in [-0.25, -0.2) is 14.8 Å². The Morgan fingerprint density at radius 3 is 2.77 bits per heavy atom. The molecule has 6 rings (SSSR count). The van der Waals surface area contributed by atoms with Gasteiger partial charge in [-0.15, -0.1) is 0 Å². The second kappa shape index (κ2) is 8.47. The van der Waals surface area contributed by atoms with Gasteiger partial charge in [0.15, 0.2) is 18.0 Å². The lowest BCUT2D eigenvalue weighted by Crippen LogP contribution is -2.45. The van der Waals surface area contributed by atoms with Crippen molar-refractivity contribution in [2.75, 3.05) is 40.7 Å². The SMILES string of the molecule is CN(C)c1cccc(-c2ccc3c(n2)N(C(=O)Nc2cccc(-c4cnco4)c2)C2CCCN32)c1. The summed E-state index contributed by atoms with van der Waals surface area (Å²) in [6, 6.07) is 19.8. The fraction of sp³-hybridized carbons (Fsp3) is 0.222. The Kier molecular flexibility index (Phi) is 5.13. The first-order valence-electron chi connectivity index (χ1n) is 11.7. The van der Waals surface area contributed by atoms with Crippen LogP contribution in [0.3, 0.4) is 0 Å². The number of nitrogens with zero attached hydrogens (tertiary/aromatic N) is 5. The van der Waals surface area contributed by atoms with Crippen LogP contribution in [0.2, 0.25) is 0 Å². The van der Waals surface area contributed by atoms with Gasteiger partial charge in [0.05, 0.1) is 17.6 Å². The molecule has 8 nitrogen and oxygen atoms in total. The van der Waals surface area contributed by atoms with Gasteiger partial charge in [0.2, 0.25) is 0 Å². The summed E-state index contributed by atoms with van der Waals surface area (Å²) >= 11 is 0. The number of carbonyl (C=O) groups excluding carboxylic acids is 1. The minimum absolute atomic E-state index is 0.0293. The summed E-state index contributed by atoms with van der Waals surface area (Å²) in [5.41, 5.74) is 5.52. The van der Waals surface area contributed by atoms with E-state index in [4.69, 9.17) is 9.40 Å². The van der Waals surface area contributed by atoms with E-state index in [1.807, 2.05) is 55.4 Å². The highest BCUT2D eigenvalue weighted by Gasteiger charge is 2.43. The largest absolute Gasteiger partial charge is 0.444 e. The van der Waals surface area contributed by atoms with Gasteiger partial charge in [0.25, 0.3) is 0 Å². The molecule has 176 valence electrons. The van der Waals surface area contributed by atoms with Gasteiger partial charge in [-0.1, -0.05) is 24.3 Å². The number of fused-ring (bicyclic) bond motifs is 3. The average molecular weight is 467 g/mol. The van der Waals surface area contributed by atoms with E-state index in [1.54, 1.807) is 6.20 Å². The molecule has 2 aliphatic rings. The van der Waals surface area contributed by atoms with Crippen molar-refractivity contribution in [3.8, 4) is 22.6 Å². The van der Waals surface area contributed by atoms with Gasteiger partial charge in [-0.05, 0) is 49.2 Å². The second-order valence-corrected chi connectivity index (χ2v) is 9.05. The monoisotopic (exact) mass is 466 g/mol. The zero-order chi connectivity index (χ0) is 23.9. The van der Waals surface area contributed by atoms with E-state index in [1.165, 1.54) is 6.39 Å². The van der Waals surface area contributed by atoms with Crippen LogP contribution in [0.15, 0.2) is 77.7 Å². The van der Waals surface area contributed by atoms with Crippen LogP contribution in [-0.2, 0) is 0 Å². The molecule has 35 heavy (non-hydrogen) atoms. The Morgan fingerprint density at radius 2 is 1.94 bits per heavy atom. The van der Waals surface area contributed by atoms with Crippen molar-refractivity contribution in [2.45, 2.75) is 19.0 Å². The third-order valence-corrected chi connectivity index (χ3v) is 6.62. The number of pyridine rings is 1. The maximum atomic E-state index is 13.6. The minimum Gasteiger partial charge on any atom is -0.444 e. The van der Waals surface area contributed by atoms with Gasteiger partial charge in [0, 0.05) is 43.1 Å². The molecule has 1 saturated heterocycles. The van der Waals surface area contributed by atoms with Gasteiger partial charge < -0.3 is 19.5 Å². The molecule has 1 atom stereocenters. The first kappa shape index (κ1) is 21.2. The Morgan fingerprint density at radius 1 is 1.09 bits per heavy atom. The third-order valence-electron chi connectivity index (χ3n) is 6.62. The quantitative estimate of drug-likeness (QED) is 0.431. The Balaban J connectivity index is 1.33. The van der Waals surface area contributed by atoms with Crippen LogP contribution in [0.5, 0.6) is 0 Å². The lowest BCUT2D eigenvalue weighted by Gasteiger charge is -2.25. The Bertz CT molecular complexity index is 1380. The topological polar surface area (TPSA) is 77.7 Å². The van der Waals surface area contributed by atoms with Crippen LogP contribution in [0, 0.1) is 0 Å². The van der Waals surface area contributed by atoms with E-state index >= 15 is 0 Å². The minimum atomic E-state index is -0.193. The first-order valence-corrected chi connectivity index (χ1v) is 11.7. The summed E-state index contributed by atoms with van der Waals surface area (Å²) in [5, 5.41) is 3.07. The number of amides is 2. The molecule has 0 aliphatic carbocycles. The number of hydrogen-bond donors (Lipinski definition) is 1. The molecule has 0 bridgehead atoms. The number of nitrogens with one attached hydrogen (secondary N) is 1. The van der Waals surface area contributed by atoms with Gasteiger partial charge in [0.1, 0.15) is 6.17 Å².